The van der Waals surface area contributed by atoms with E-state index in [4.69, 9.17) is 15.9 Å². The lowest BCUT2D eigenvalue weighted by Crippen LogP contribution is -2.55. The quantitative estimate of drug-likeness (QED) is 0.261. The molecule has 10 nitrogen and oxygen atoms in total. The number of carbonyl (C=O) groups is 3. The van der Waals surface area contributed by atoms with Crippen LogP contribution in [0.25, 0.3) is 0 Å². The molecule has 0 saturated heterocycles. The number of imidazole rings is 1. The average Bonchev–Trinajstić information content (AvgIpc) is 3.08. The van der Waals surface area contributed by atoms with Crippen LogP contribution in [0, 0.1) is 0 Å². The molecule has 1 aromatic rings. The zero-order valence-electron chi connectivity index (χ0n) is 13.8. The lowest BCUT2D eigenvalue weighted by Gasteiger charge is -2.22. The molecule has 0 saturated carbocycles. The van der Waals surface area contributed by atoms with Gasteiger partial charge in [0.1, 0.15) is 12.1 Å². The number of aromatic nitrogens is 2. The number of carboxylic acids is 1. The van der Waals surface area contributed by atoms with Gasteiger partial charge in [0.15, 0.2) is 0 Å². The SMILES string of the molecule is CSCC[C@H](NC(=O)[C@@H](N)Cc1cnc[nH]1)C(=O)N[C@@H](CO)C(=O)O. The first-order chi connectivity index (χ1) is 11.9. The summed E-state index contributed by atoms with van der Waals surface area (Å²) in [6.45, 7) is -0.746. The van der Waals surface area contributed by atoms with Gasteiger partial charge in [0, 0.05) is 18.3 Å². The fraction of sp³-hybridized carbons (Fsp3) is 0.571. The van der Waals surface area contributed by atoms with E-state index in [0.717, 1.165) is 0 Å². The lowest BCUT2D eigenvalue weighted by molar-refractivity contribution is -0.143. The highest BCUT2D eigenvalue weighted by atomic mass is 32.2. The first-order valence-electron chi connectivity index (χ1n) is 7.55. The van der Waals surface area contributed by atoms with Crippen molar-refractivity contribution in [1.82, 2.24) is 20.6 Å². The minimum Gasteiger partial charge on any atom is -0.480 e. The molecule has 0 fully saturated rings. The van der Waals surface area contributed by atoms with E-state index >= 15 is 0 Å². The van der Waals surface area contributed by atoms with E-state index < -0.39 is 42.5 Å². The Kier molecular flexibility index (Phi) is 8.95. The van der Waals surface area contributed by atoms with Crippen molar-refractivity contribution in [3.8, 4) is 0 Å². The highest BCUT2D eigenvalue weighted by molar-refractivity contribution is 7.98. The summed E-state index contributed by atoms with van der Waals surface area (Å²) in [4.78, 5) is 42.0. The number of nitrogens with two attached hydrogens (primary N) is 1. The Bertz CT molecular complexity index is 568. The number of aromatic amines is 1. The van der Waals surface area contributed by atoms with Crippen molar-refractivity contribution in [1.29, 1.82) is 0 Å². The smallest absolute Gasteiger partial charge is 0.328 e. The molecule has 11 heteroatoms. The fourth-order valence-corrected chi connectivity index (χ4v) is 2.44. The maximum atomic E-state index is 12.2. The lowest BCUT2D eigenvalue weighted by atomic mass is 10.1. The van der Waals surface area contributed by atoms with Gasteiger partial charge in [-0.2, -0.15) is 11.8 Å². The monoisotopic (exact) mass is 373 g/mol. The summed E-state index contributed by atoms with van der Waals surface area (Å²) in [5, 5.41) is 22.6. The van der Waals surface area contributed by atoms with Gasteiger partial charge >= 0.3 is 5.97 Å². The third-order valence-electron chi connectivity index (χ3n) is 3.37. The molecule has 1 heterocycles. The van der Waals surface area contributed by atoms with Crippen molar-refractivity contribution in [2.24, 2.45) is 5.73 Å². The van der Waals surface area contributed by atoms with Crippen molar-refractivity contribution in [2.75, 3.05) is 18.6 Å². The second-order valence-electron chi connectivity index (χ2n) is 5.31. The summed E-state index contributed by atoms with van der Waals surface area (Å²) >= 11 is 1.48. The number of nitrogens with zero attached hydrogens (tertiary/aromatic N) is 1. The number of aliphatic hydroxyl groups excluding tert-OH is 1. The van der Waals surface area contributed by atoms with Gasteiger partial charge in [-0.15, -0.1) is 0 Å². The normalized spacial score (nSPS) is 14.4. The molecule has 1 rings (SSSR count). The standard InChI is InChI=1S/C14H23N5O5S/c1-25-3-2-10(13(22)19-11(6-20)14(23)24)18-12(21)9(15)4-8-5-16-7-17-8/h5,7,9-11,20H,2-4,6,15H2,1H3,(H,16,17)(H,18,21)(H,19,22)(H,23,24)/t9-,10-,11-/m0/s1. The molecule has 0 aliphatic rings. The van der Waals surface area contributed by atoms with E-state index in [2.05, 4.69) is 20.6 Å². The maximum Gasteiger partial charge on any atom is 0.328 e. The number of H-pyrrole nitrogens is 1. The van der Waals surface area contributed by atoms with Gasteiger partial charge in [-0.3, -0.25) is 9.59 Å². The summed E-state index contributed by atoms with van der Waals surface area (Å²) in [5.74, 6) is -2.00. The number of hydrogen-bond acceptors (Lipinski definition) is 7. The van der Waals surface area contributed by atoms with E-state index in [9.17, 15) is 14.4 Å². The molecular weight excluding hydrogens is 350 g/mol. The fourth-order valence-electron chi connectivity index (χ4n) is 1.97. The van der Waals surface area contributed by atoms with Gasteiger partial charge in [0.2, 0.25) is 11.8 Å². The van der Waals surface area contributed by atoms with Crippen LogP contribution < -0.4 is 16.4 Å². The van der Waals surface area contributed by atoms with E-state index in [-0.39, 0.29) is 6.42 Å². The predicted octanol–water partition coefficient (Wildman–Crippen LogP) is -1.92. The summed E-state index contributed by atoms with van der Waals surface area (Å²) in [5.41, 5.74) is 6.51. The van der Waals surface area contributed by atoms with Gasteiger partial charge in [0.25, 0.3) is 0 Å². The van der Waals surface area contributed by atoms with Crippen LogP contribution in [0.2, 0.25) is 0 Å². The summed E-state index contributed by atoms with van der Waals surface area (Å²) in [7, 11) is 0. The number of carbonyl (C=O) groups excluding carboxylic acids is 2. The van der Waals surface area contributed by atoms with E-state index in [1.807, 2.05) is 6.26 Å². The molecule has 0 radical (unpaired) electrons. The van der Waals surface area contributed by atoms with Crippen LogP contribution in [-0.2, 0) is 20.8 Å². The first-order valence-corrected chi connectivity index (χ1v) is 8.94. The Morgan fingerprint density at radius 3 is 2.52 bits per heavy atom. The average molecular weight is 373 g/mol. The van der Waals surface area contributed by atoms with Crippen LogP contribution in [0.5, 0.6) is 0 Å². The van der Waals surface area contributed by atoms with Crippen molar-refractivity contribution < 1.29 is 24.6 Å². The molecule has 0 aliphatic carbocycles. The Hall–Kier alpha value is -2.11. The Labute approximate surface area is 149 Å². The second-order valence-corrected chi connectivity index (χ2v) is 6.30. The number of thioether (sulfide) groups is 1. The zero-order chi connectivity index (χ0) is 18.8. The zero-order valence-corrected chi connectivity index (χ0v) is 14.6. The number of aliphatic hydroxyl groups is 1. The molecule has 1 aromatic heterocycles. The number of carboxylic acid groups (broad SMARTS) is 1. The highest BCUT2D eigenvalue weighted by Crippen LogP contribution is 2.03. The van der Waals surface area contributed by atoms with Crippen molar-refractivity contribution >= 4 is 29.5 Å². The van der Waals surface area contributed by atoms with Gasteiger partial charge in [-0.25, -0.2) is 9.78 Å². The van der Waals surface area contributed by atoms with Crippen molar-refractivity contribution in [3.63, 3.8) is 0 Å². The second kappa shape index (κ2) is 10.7. The number of amides is 2. The summed E-state index contributed by atoms with van der Waals surface area (Å²) < 4.78 is 0. The third-order valence-corrected chi connectivity index (χ3v) is 4.02. The van der Waals surface area contributed by atoms with Gasteiger partial charge in [-0.05, 0) is 18.4 Å². The van der Waals surface area contributed by atoms with Crippen LogP contribution in [0.3, 0.4) is 0 Å². The molecule has 0 bridgehead atoms. The molecular formula is C14H23N5O5S. The maximum absolute atomic E-state index is 12.2. The summed E-state index contributed by atoms with van der Waals surface area (Å²) in [6, 6.07) is -3.26. The largest absolute Gasteiger partial charge is 0.480 e. The van der Waals surface area contributed by atoms with E-state index in [0.29, 0.717) is 17.9 Å². The van der Waals surface area contributed by atoms with Crippen LogP contribution in [-0.4, -0.2) is 74.7 Å². The molecule has 0 unspecified atom stereocenters. The molecule has 0 aromatic carbocycles. The Morgan fingerprint density at radius 1 is 1.32 bits per heavy atom. The molecule has 140 valence electrons. The molecule has 25 heavy (non-hydrogen) atoms. The van der Waals surface area contributed by atoms with Crippen LogP contribution in [0.1, 0.15) is 12.1 Å². The molecule has 0 spiro atoms. The van der Waals surface area contributed by atoms with Crippen LogP contribution in [0.15, 0.2) is 12.5 Å². The minimum absolute atomic E-state index is 0.219. The number of rotatable bonds is 11. The molecule has 3 atom stereocenters. The van der Waals surface area contributed by atoms with Crippen molar-refractivity contribution in [2.45, 2.75) is 31.0 Å². The van der Waals surface area contributed by atoms with Gasteiger partial charge in [0.05, 0.1) is 19.0 Å². The highest BCUT2D eigenvalue weighted by Gasteiger charge is 2.27. The topological polar surface area (TPSA) is 170 Å². The number of nitrogens with one attached hydrogen (secondary N) is 3. The molecule has 2 amide bonds. The number of aliphatic carboxylic acids is 1. The van der Waals surface area contributed by atoms with Crippen LogP contribution >= 0.6 is 11.8 Å². The first kappa shape index (κ1) is 20.9. The van der Waals surface area contributed by atoms with Crippen molar-refractivity contribution in [3.05, 3.63) is 18.2 Å². The third kappa shape index (κ3) is 7.11. The minimum atomic E-state index is -1.43. The van der Waals surface area contributed by atoms with Crippen LogP contribution in [0.4, 0.5) is 0 Å². The molecule has 7 N–H and O–H groups in total. The van der Waals surface area contributed by atoms with E-state index in [1.165, 1.54) is 18.1 Å². The number of hydrogen-bond donors (Lipinski definition) is 6. The van der Waals surface area contributed by atoms with Gasteiger partial charge < -0.3 is 31.6 Å². The predicted molar refractivity (Wildman–Crippen MR) is 91.8 cm³/mol. The Morgan fingerprint density at radius 2 is 2.00 bits per heavy atom. The summed E-state index contributed by atoms with van der Waals surface area (Å²) in [6.07, 6.45) is 5.37. The molecule has 0 aliphatic heterocycles. The van der Waals surface area contributed by atoms with Gasteiger partial charge in [-0.1, -0.05) is 0 Å². The Balaban J connectivity index is 2.68. The van der Waals surface area contributed by atoms with E-state index in [1.54, 1.807) is 6.20 Å².